The van der Waals surface area contributed by atoms with Gasteiger partial charge in [-0.05, 0) is 30.3 Å². The smallest absolute Gasteiger partial charge is 0.179 e. The van der Waals surface area contributed by atoms with Crippen molar-refractivity contribution >= 4 is 0 Å². The lowest BCUT2D eigenvalue weighted by molar-refractivity contribution is 0.0720. The first-order valence-corrected chi connectivity index (χ1v) is 6.97. The molecule has 21 heavy (non-hydrogen) atoms. The van der Waals surface area contributed by atoms with Gasteiger partial charge in [-0.1, -0.05) is 0 Å². The van der Waals surface area contributed by atoms with Gasteiger partial charge in [0, 0.05) is 30.9 Å². The molecule has 2 unspecified atom stereocenters. The predicted molar refractivity (Wildman–Crippen MR) is 74.1 cm³/mol. The van der Waals surface area contributed by atoms with E-state index in [2.05, 4.69) is 6.19 Å². The van der Waals surface area contributed by atoms with Crippen LogP contribution in [0, 0.1) is 17.3 Å². The molecule has 0 aliphatic carbocycles. The molecule has 4 nitrogen and oxygen atoms in total. The molecule has 2 aliphatic rings. The lowest BCUT2D eigenvalue weighted by Gasteiger charge is -2.30. The van der Waals surface area contributed by atoms with Gasteiger partial charge in [-0.2, -0.15) is 5.26 Å². The van der Waals surface area contributed by atoms with Crippen LogP contribution in [0.25, 0.3) is 0 Å². The standard InChI is InChI=1S/C16H14FN3O/c17-12-3-4-14-13(9-12)15(20-6-1-2-7-20)16(21-14)5-8-19(10-16)11-18/h1-4,6-7,9,15H,5,8,10H2. The molecule has 1 spiro atoms. The van der Waals surface area contributed by atoms with Crippen molar-refractivity contribution in [3.8, 4) is 11.9 Å². The summed E-state index contributed by atoms with van der Waals surface area (Å²) >= 11 is 0. The number of likely N-dealkylation sites (tertiary alicyclic amines) is 1. The topological polar surface area (TPSA) is 41.2 Å². The zero-order valence-electron chi connectivity index (χ0n) is 11.4. The third kappa shape index (κ3) is 1.72. The maximum atomic E-state index is 13.7. The molecular weight excluding hydrogens is 269 g/mol. The quantitative estimate of drug-likeness (QED) is 0.755. The van der Waals surface area contributed by atoms with Gasteiger partial charge in [0.1, 0.15) is 17.6 Å². The predicted octanol–water partition coefficient (Wildman–Crippen LogP) is 2.53. The minimum Gasteiger partial charge on any atom is -0.482 e. The Kier molecular flexibility index (Phi) is 2.49. The second-order valence-corrected chi connectivity index (χ2v) is 5.65. The maximum absolute atomic E-state index is 13.7. The molecule has 106 valence electrons. The van der Waals surface area contributed by atoms with Crippen molar-refractivity contribution in [1.82, 2.24) is 9.47 Å². The van der Waals surface area contributed by atoms with Crippen LogP contribution in [0.1, 0.15) is 18.0 Å². The zero-order valence-corrected chi connectivity index (χ0v) is 11.4. The zero-order chi connectivity index (χ0) is 14.4. The van der Waals surface area contributed by atoms with Gasteiger partial charge in [0.15, 0.2) is 11.8 Å². The lowest BCUT2D eigenvalue weighted by Crippen LogP contribution is -2.43. The first kappa shape index (κ1) is 12.3. The number of nitrogens with zero attached hydrogens (tertiary/aromatic N) is 3. The minimum atomic E-state index is -0.495. The molecule has 0 radical (unpaired) electrons. The van der Waals surface area contributed by atoms with Gasteiger partial charge in [0.2, 0.25) is 0 Å². The monoisotopic (exact) mass is 283 g/mol. The summed E-state index contributed by atoms with van der Waals surface area (Å²) < 4.78 is 21.9. The fourth-order valence-electron chi connectivity index (χ4n) is 3.53. The number of hydrogen-bond acceptors (Lipinski definition) is 3. The van der Waals surface area contributed by atoms with E-state index in [1.54, 1.807) is 17.0 Å². The number of hydrogen-bond donors (Lipinski definition) is 0. The summed E-state index contributed by atoms with van der Waals surface area (Å²) in [5.74, 6) is 0.455. The first-order valence-electron chi connectivity index (χ1n) is 6.97. The van der Waals surface area contributed by atoms with Crippen molar-refractivity contribution in [1.29, 1.82) is 5.26 Å². The number of aromatic nitrogens is 1. The van der Waals surface area contributed by atoms with E-state index < -0.39 is 5.60 Å². The highest BCUT2D eigenvalue weighted by Gasteiger charge is 2.53. The second kappa shape index (κ2) is 4.26. The molecule has 0 saturated carbocycles. The fourth-order valence-corrected chi connectivity index (χ4v) is 3.53. The minimum absolute atomic E-state index is 0.100. The summed E-state index contributed by atoms with van der Waals surface area (Å²) in [5, 5.41) is 9.14. The second-order valence-electron chi connectivity index (χ2n) is 5.65. The largest absolute Gasteiger partial charge is 0.482 e. The Morgan fingerprint density at radius 1 is 1.33 bits per heavy atom. The van der Waals surface area contributed by atoms with Crippen LogP contribution in [0.15, 0.2) is 42.7 Å². The molecule has 3 heterocycles. The molecule has 5 heteroatoms. The van der Waals surface area contributed by atoms with Gasteiger partial charge in [0.05, 0.1) is 6.54 Å². The normalized spacial score (nSPS) is 26.7. The molecule has 2 aromatic rings. The van der Waals surface area contributed by atoms with Crippen LogP contribution in [0.3, 0.4) is 0 Å². The summed E-state index contributed by atoms with van der Waals surface area (Å²) in [4.78, 5) is 1.71. The Balaban J connectivity index is 1.85. The van der Waals surface area contributed by atoms with Crippen molar-refractivity contribution in [3.63, 3.8) is 0 Å². The number of fused-ring (bicyclic) bond motifs is 1. The molecule has 2 atom stereocenters. The molecule has 1 saturated heterocycles. The number of nitriles is 1. The van der Waals surface area contributed by atoms with Crippen LogP contribution >= 0.6 is 0 Å². The van der Waals surface area contributed by atoms with Crippen molar-refractivity contribution in [3.05, 3.63) is 54.1 Å². The van der Waals surface area contributed by atoms with E-state index in [9.17, 15) is 4.39 Å². The van der Waals surface area contributed by atoms with E-state index in [1.807, 2.05) is 29.1 Å². The lowest BCUT2D eigenvalue weighted by atomic mass is 9.90. The average molecular weight is 283 g/mol. The number of ether oxygens (including phenoxy) is 1. The number of rotatable bonds is 1. The highest BCUT2D eigenvalue weighted by Crippen LogP contribution is 2.49. The van der Waals surface area contributed by atoms with Crippen molar-refractivity contribution in [2.24, 2.45) is 0 Å². The van der Waals surface area contributed by atoms with E-state index >= 15 is 0 Å². The molecule has 0 N–H and O–H groups in total. The fraction of sp³-hybridized carbons (Fsp3) is 0.312. The van der Waals surface area contributed by atoms with E-state index in [0.29, 0.717) is 13.1 Å². The third-order valence-electron chi connectivity index (χ3n) is 4.41. The van der Waals surface area contributed by atoms with Crippen molar-refractivity contribution in [2.45, 2.75) is 18.1 Å². The van der Waals surface area contributed by atoms with Crippen molar-refractivity contribution < 1.29 is 9.13 Å². The van der Waals surface area contributed by atoms with E-state index in [4.69, 9.17) is 10.00 Å². The summed E-state index contributed by atoms with van der Waals surface area (Å²) in [7, 11) is 0. The van der Waals surface area contributed by atoms with Crippen LogP contribution in [0.2, 0.25) is 0 Å². The maximum Gasteiger partial charge on any atom is 0.179 e. The molecular formula is C16H14FN3O. The van der Waals surface area contributed by atoms with Gasteiger partial charge in [-0.3, -0.25) is 0 Å². The van der Waals surface area contributed by atoms with Crippen LogP contribution in [0.4, 0.5) is 4.39 Å². The Hall–Kier alpha value is -2.48. The van der Waals surface area contributed by atoms with Gasteiger partial charge < -0.3 is 14.2 Å². The molecule has 1 fully saturated rings. The van der Waals surface area contributed by atoms with Gasteiger partial charge in [-0.25, -0.2) is 4.39 Å². The van der Waals surface area contributed by atoms with Crippen LogP contribution in [0.5, 0.6) is 5.75 Å². The van der Waals surface area contributed by atoms with Crippen molar-refractivity contribution in [2.75, 3.05) is 13.1 Å². The number of halogens is 1. The highest BCUT2D eigenvalue weighted by molar-refractivity contribution is 5.44. The third-order valence-corrected chi connectivity index (χ3v) is 4.41. The van der Waals surface area contributed by atoms with E-state index in [1.165, 1.54) is 6.07 Å². The van der Waals surface area contributed by atoms with Gasteiger partial charge >= 0.3 is 0 Å². The number of benzene rings is 1. The summed E-state index contributed by atoms with van der Waals surface area (Å²) in [6.07, 6.45) is 6.87. The Morgan fingerprint density at radius 2 is 2.14 bits per heavy atom. The molecule has 2 aliphatic heterocycles. The highest BCUT2D eigenvalue weighted by atomic mass is 19.1. The van der Waals surface area contributed by atoms with E-state index in [-0.39, 0.29) is 11.9 Å². The first-order chi connectivity index (χ1) is 10.2. The van der Waals surface area contributed by atoms with Crippen LogP contribution < -0.4 is 4.74 Å². The molecule has 0 amide bonds. The Morgan fingerprint density at radius 3 is 2.86 bits per heavy atom. The summed E-state index contributed by atoms with van der Waals surface area (Å²) in [5.41, 5.74) is 0.358. The van der Waals surface area contributed by atoms with E-state index in [0.717, 1.165) is 17.7 Å². The van der Waals surface area contributed by atoms with Gasteiger partial charge in [0.25, 0.3) is 0 Å². The molecule has 1 aromatic heterocycles. The molecule has 4 rings (SSSR count). The molecule has 1 aromatic carbocycles. The van der Waals surface area contributed by atoms with Crippen LogP contribution in [-0.2, 0) is 0 Å². The summed E-state index contributed by atoms with van der Waals surface area (Å²) in [6, 6.07) is 8.44. The Labute approximate surface area is 122 Å². The summed E-state index contributed by atoms with van der Waals surface area (Å²) in [6.45, 7) is 1.20. The Bertz CT molecular complexity index is 722. The average Bonchev–Trinajstić information content (AvgIpc) is 3.18. The van der Waals surface area contributed by atoms with Crippen LogP contribution in [-0.4, -0.2) is 28.2 Å². The SMILES string of the molecule is N#CN1CCC2(C1)Oc1ccc(F)cc1C2n1cccc1. The van der Waals surface area contributed by atoms with Gasteiger partial charge in [-0.15, -0.1) is 0 Å². The molecule has 0 bridgehead atoms.